The number of carbonyl (C=O) groups is 1. The summed E-state index contributed by atoms with van der Waals surface area (Å²) in [6, 6.07) is 8.84. The molecule has 2 aliphatic heterocycles. The second-order valence-electron chi connectivity index (χ2n) is 6.02. The predicted octanol–water partition coefficient (Wildman–Crippen LogP) is 2.95. The van der Waals surface area contributed by atoms with E-state index >= 15 is 0 Å². The first-order valence-corrected chi connectivity index (χ1v) is 7.98. The number of amides is 1. The van der Waals surface area contributed by atoms with Crippen molar-refractivity contribution in [2.75, 3.05) is 18.0 Å². The largest absolute Gasteiger partial charge is 0.416 e. The Morgan fingerprint density at radius 1 is 1.07 bits per heavy atom. The van der Waals surface area contributed by atoms with Crippen LogP contribution in [0.4, 0.5) is 23.2 Å². The maximum Gasteiger partial charge on any atom is 0.416 e. The van der Waals surface area contributed by atoms with E-state index in [0.29, 0.717) is 11.5 Å². The summed E-state index contributed by atoms with van der Waals surface area (Å²) in [4.78, 5) is 17.5. The molecule has 138 valence electrons. The highest BCUT2D eigenvalue weighted by molar-refractivity contribution is 6.21. The third kappa shape index (κ3) is 3.05. The first-order valence-electron chi connectivity index (χ1n) is 7.98. The van der Waals surface area contributed by atoms with Gasteiger partial charge in [0.15, 0.2) is 5.84 Å². The fourth-order valence-electron chi connectivity index (χ4n) is 3.06. The third-order valence-electron chi connectivity index (χ3n) is 4.30. The standard InChI is InChI=1S/C18H12F4N4O/c19-13-4-2-1-3-11(13)17-12-7-10(18(20,21)22)5-6-14(12)26-9-16(27)25-24-15(26)8-23-17/h1-7H,8-9H2,(H,25,27). The maximum atomic E-state index is 14.4. The van der Waals surface area contributed by atoms with Crippen LogP contribution in [-0.4, -0.2) is 30.5 Å². The van der Waals surface area contributed by atoms with Crippen LogP contribution < -0.4 is 10.3 Å². The van der Waals surface area contributed by atoms with Crippen LogP contribution in [-0.2, 0) is 11.0 Å². The van der Waals surface area contributed by atoms with Crippen molar-refractivity contribution >= 4 is 23.1 Å². The number of halogens is 4. The lowest BCUT2D eigenvalue weighted by molar-refractivity contribution is -0.137. The smallest absolute Gasteiger partial charge is 0.317 e. The Balaban J connectivity index is 1.96. The van der Waals surface area contributed by atoms with Crippen LogP contribution in [0.5, 0.6) is 0 Å². The molecule has 0 atom stereocenters. The molecule has 0 spiro atoms. The molecule has 2 aromatic carbocycles. The molecule has 0 saturated heterocycles. The molecule has 1 N–H and O–H groups in total. The molecule has 2 aliphatic rings. The van der Waals surface area contributed by atoms with Gasteiger partial charge in [0.25, 0.3) is 5.91 Å². The molecular formula is C18H12F4N4O. The quantitative estimate of drug-likeness (QED) is 0.778. The van der Waals surface area contributed by atoms with Gasteiger partial charge >= 0.3 is 6.18 Å². The van der Waals surface area contributed by atoms with Crippen molar-refractivity contribution in [3.8, 4) is 0 Å². The second kappa shape index (κ2) is 6.19. The summed E-state index contributed by atoms with van der Waals surface area (Å²) in [7, 11) is 0. The van der Waals surface area contributed by atoms with Gasteiger partial charge in [-0.15, -0.1) is 0 Å². The molecule has 4 rings (SSSR count). The summed E-state index contributed by atoms with van der Waals surface area (Å²) in [6.07, 6.45) is -4.57. The molecule has 2 aromatic rings. The number of rotatable bonds is 1. The zero-order valence-corrected chi connectivity index (χ0v) is 13.7. The van der Waals surface area contributed by atoms with Crippen molar-refractivity contribution in [3.63, 3.8) is 0 Å². The fraction of sp³-hybridized carbons (Fsp3) is 0.167. The van der Waals surface area contributed by atoms with Crippen molar-refractivity contribution in [1.82, 2.24) is 5.43 Å². The lowest BCUT2D eigenvalue weighted by atomic mass is 9.97. The summed E-state index contributed by atoms with van der Waals surface area (Å²) in [6.45, 7) is -0.128. The molecule has 9 heteroatoms. The Morgan fingerprint density at radius 3 is 2.59 bits per heavy atom. The SMILES string of the molecule is O=C1CN2C(=NN1)CN=C(c1ccccc1F)c1cc(C(F)(F)F)ccc12. The van der Waals surface area contributed by atoms with Crippen molar-refractivity contribution in [2.45, 2.75) is 6.18 Å². The van der Waals surface area contributed by atoms with E-state index in [-0.39, 0.29) is 29.9 Å². The Labute approximate surface area is 151 Å². The molecule has 0 saturated carbocycles. The number of carbonyl (C=O) groups excluding carboxylic acids is 1. The Hall–Kier alpha value is -3.23. The minimum absolute atomic E-state index is 0.0139. The molecule has 0 radical (unpaired) electrons. The third-order valence-corrected chi connectivity index (χ3v) is 4.30. The number of aliphatic imine (C=N–C) groups is 1. The van der Waals surface area contributed by atoms with Gasteiger partial charge < -0.3 is 4.90 Å². The minimum Gasteiger partial charge on any atom is -0.317 e. The average Bonchev–Trinajstić information content (AvgIpc) is 2.78. The first-order chi connectivity index (χ1) is 12.8. The highest BCUT2D eigenvalue weighted by Gasteiger charge is 2.34. The van der Waals surface area contributed by atoms with Gasteiger partial charge in [0.2, 0.25) is 0 Å². The average molecular weight is 376 g/mol. The lowest BCUT2D eigenvalue weighted by Gasteiger charge is -2.28. The van der Waals surface area contributed by atoms with Gasteiger partial charge in [-0.2, -0.15) is 18.3 Å². The number of fused-ring (bicyclic) bond motifs is 3. The van der Waals surface area contributed by atoms with Gasteiger partial charge in [-0.3, -0.25) is 9.79 Å². The Kier molecular flexibility index (Phi) is 3.94. The molecule has 0 unspecified atom stereocenters. The first kappa shape index (κ1) is 17.2. The van der Waals surface area contributed by atoms with E-state index in [0.717, 1.165) is 12.1 Å². The van der Waals surface area contributed by atoms with Crippen LogP contribution in [0.1, 0.15) is 16.7 Å². The zero-order chi connectivity index (χ0) is 19.2. The number of anilines is 1. The number of nitrogens with one attached hydrogen (secondary N) is 1. The predicted molar refractivity (Wildman–Crippen MR) is 91.3 cm³/mol. The van der Waals surface area contributed by atoms with E-state index in [1.54, 1.807) is 6.07 Å². The van der Waals surface area contributed by atoms with Crippen molar-refractivity contribution in [2.24, 2.45) is 10.1 Å². The van der Waals surface area contributed by atoms with E-state index < -0.39 is 23.5 Å². The monoisotopic (exact) mass is 376 g/mol. The lowest BCUT2D eigenvalue weighted by Crippen LogP contribution is -2.46. The van der Waals surface area contributed by atoms with Gasteiger partial charge in [0, 0.05) is 11.1 Å². The summed E-state index contributed by atoms with van der Waals surface area (Å²) >= 11 is 0. The van der Waals surface area contributed by atoms with Crippen LogP contribution in [0.15, 0.2) is 52.6 Å². The minimum atomic E-state index is -4.57. The van der Waals surface area contributed by atoms with Crippen LogP contribution in [0.25, 0.3) is 0 Å². The van der Waals surface area contributed by atoms with Crippen molar-refractivity contribution in [1.29, 1.82) is 0 Å². The van der Waals surface area contributed by atoms with Gasteiger partial charge in [-0.1, -0.05) is 12.1 Å². The van der Waals surface area contributed by atoms with E-state index in [4.69, 9.17) is 0 Å². The van der Waals surface area contributed by atoms with E-state index in [1.165, 1.54) is 29.2 Å². The number of alkyl halides is 3. The molecule has 27 heavy (non-hydrogen) atoms. The fourth-order valence-corrected chi connectivity index (χ4v) is 3.06. The van der Waals surface area contributed by atoms with Gasteiger partial charge in [-0.25, -0.2) is 9.82 Å². The van der Waals surface area contributed by atoms with Gasteiger partial charge in [0.1, 0.15) is 12.4 Å². The molecule has 5 nitrogen and oxygen atoms in total. The molecule has 0 aromatic heterocycles. The van der Waals surface area contributed by atoms with Gasteiger partial charge in [-0.05, 0) is 30.3 Å². The molecular weight excluding hydrogens is 364 g/mol. The summed E-state index contributed by atoms with van der Waals surface area (Å²) in [5.74, 6) is -0.642. The van der Waals surface area contributed by atoms with Crippen LogP contribution in [0.3, 0.4) is 0 Å². The number of nitrogens with zero attached hydrogens (tertiary/aromatic N) is 3. The molecule has 0 aliphatic carbocycles. The number of hydrogen-bond donors (Lipinski definition) is 1. The highest BCUT2D eigenvalue weighted by Crippen LogP contribution is 2.35. The number of hydrogen-bond acceptors (Lipinski definition) is 4. The maximum absolute atomic E-state index is 14.4. The zero-order valence-electron chi connectivity index (χ0n) is 13.7. The summed E-state index contributed by atoms with van der Waals surface area (Å²) in [5.41, 5.74) is 2.01. The normalized spacial score (nSPS) is 16.6. The topological polar surface area (TPSA) is 57.1 Å². The second-order valence-corrected chi connectivity index (χ2v) is 6.02. The molecule has 0 fully saturated rings. The Morgan fingerprint density at radius 2 is 1.85 bits per heavy atom. The van der Waals surface area contributed by atoms with E-state index in [1.807, 2.05) is 0 Å². The molecule has 0 bridgehead atoms. The summed E-state index contributed by atoms with van der Waals surface area (Å²) < 4.78 is 54.1. The van der Waals surface area contributed by atoms with Crippen molar-refractivity contribution < 1.29 is 22.4 Å². The Bertz CT molecular complexity index is 997. The van der Waals surface area contributed by atoms with Crippen LogP contribution >= 0.6 is 0 Å². The van der Waals surface area contributed by atoms with E-state index in [9.17, 15) is 22.4 Å². The molecule has 1 amide bonds. The summed E-state index contributed by atoms with van der Waals surface area (Å²) in [5, 5.41) is 3.93. The van der Waals surface area contributed by atoms with Crippen molar-refractivity contribution in [3.05, 3.63) is 65.0 Å². The number of benzene rings is 2. The van der Waals surface area contributed by atoms with Crippen LogP contribution in [0.2, 0.25) is 0 Å². The van der Waals surface area contributed by atoms with Gasteiger partial charge in [0.05, 0.1) is 23.5 Å². The van der Waals surface area contributed by atoms with E-state index in [2.05, 4.69) is 15.5 Å². The van der Waals surface area contributed by atoms with Crippen LogP contribution in [0, 0.1) is 5.82 Å². The number of hydrazone groups is 1. The molecule has 2 heterocycles. The number of amidine groups is 1. The highest BCUT2D eigenvalue weighted by atomic mass is 19.4.